The average Bonchev–Trinajstić information content (AvgIpc) is 2.37. The van der Waals surface area contributed by atoms with E-state index in [1.54, 1.807) is 0 Å². The highest BCUT2D eigenvalue weighted by Gasteiger charge is 2.32. The third kappa shape index (κ3) is 3.60. The summed E-state index contributed by atoms with van der Waals surface area (Å²) in [5.74, 6) is 6.22. The van der Waals surface area contributed by atoms with Crippen molar-refractivity contribution in [3.8, 4) is 11.8 Å². The first kappa shape index (κ1) is 13.1. The number of hydrogen-bond donors (Lipinski definition) is 1. The minimum absolute atomic E-state index is 0.201. The molecule has 1 atom stereocenters. The van der Waals surface area contributed by atoms with Crippen molar-refractivity contribution in [3.05, 3.63) is 35.9 Å². The molecular weight excluding hydrogens is 222 g/mol. The second-order valence-electron chi connectivity index (χ2n) is 5.42. The maximum absolute atomic E-state index is 5.91. The first-order valence-electron chi connectivity index (χ1n) is 6.55. The molecule has 96 valence electrons. The number of ether oxygens (including phenoxy) is 1. The first-order chi connectivity index (χ1) is 8.68. The lowest BCUT2D eigenvalue weighted by molar-refractivity contribution is -0.0283. The molecular formula is C16H21NO. The van der Waals surface area contributed by atoms with Gasteiger partial charge in [-0.25, -0.2) is 0 Å². The summed E-state index contributed by atoms with van der Waals surface area (Å²) >= 11 is 0. The van der Waals surface area contributed by atoms with Crippen LogP contribution in [0.2, 0.25) is 0 Å². The van der Waals surface area contributed by atoms with Gasteiger partial charge in [-0.15, -0.1) is 0 Å². The zero-order valence-electron chi connectivity index (χ0n) is 11.2. The molecule has 1 aliphatic rings. The number of benzene rings is 1. The summed E-state index contributed by atoms with van der Waals surface area (Å²) in [4.78, 5) is 0. The van der Waals surface area contributed by atoms with E-state index in [-0.39, 0.29) is 5.41 Å². The fourth-order valence-electron chi connectivity index (χ4n) is 2.26. The second kappa shape index (κ2) is 6.04. The van der Waals surface area contributed by atoms with Gasteiger partial charge in [0.1, 0.15) is 6.61 Å². The van der Waals surface area contributed by atoms with Crippen LogP contribution >= 0.6 is 0 Å². The van der Waals surface area contributed by atoms with Gasteiger partial charge < -0.3 is 10.1 Å². The highest BCUT2D eigenvalue weighted by molar-refractivity contribution is 5.33. The predicted molar refractivity (Wildman–Crippen MR) is 74.3 cm³/mol. The normalized spacial score (nSPS) is 22.0. The van der Waals surface area contributed by atoms with Gasteiger partial charge in [0.2, 0.25) is 0 Å². The van der Waals surface area contributed by atoms with Crippen LogP contribution in [-0.2, 0) is 4.74 Å². The lowest BCUT2D eigenvalue weighted by Crippen LogP contribution is -2.47. The summed E-state index contributed by atoms with van der Waals surface area (Å²) < 4.78 is 5.91. The molecule has 2 nitrogen and oxygen atoms in total. The minimum atomic E-state index is 0.201. The van der Waals surface area contributed by atoms with Gasteiger partial charge in [0, 0.05) is 17.5 Å². The van der Waals surface area contributed by atoms with E-state index in [0.717, 1.165) is 25.1 Å². The van der Waals surface area contributed by atoms with Crippen molar-refractivity contribution in [3.63, 3.8) is 0 Å². The van der Waals surface area contributed by atoms with Crippen LogP contribution in [0.1, 0.15) is 25.8 Å². The van der Waals surface area contributed by atoms with Gasteiger partial charge >= 0.3 is 0 Å². The van der Waals surface area contributed by atoms with Crippen molar-refractivity contribution in [2.75, 3.05) is 19.7 Å². The van der Waals surface area contributed by atoms with Crippen LogP contribution in [0.3, 0.4) is 0 Å². The molecule has 1 aromatic rings. The van der Waals surface area contributed by atoms with E-state index >= 15 is 0 Å². The van der Waals surface area contributed by atoms with Gasteiger partial charge in [0.05, 0.1) is 6.10 Å². The largest absolute Gasteiger partial charge is 0.365 e. The van der Waals surface area contributed by atoms with Crippen molar-refractivity contribution in [2.24, 2.45) is 5.41 Å². The second-order valence-corrected chi connectivity index (χ2v) is 5.42. The molecule has 0 saturated carbocycles. The molecule has 1 unspecified atom stereocenters. The van der Waals surface area contributed by atoms with Crippen molar-refractivity contribution in [2.45, 2.75) is 26.4 Å². The number of hydrogen-bond acceptors (Lipinski definition) is 2. The molecule has 1 N–H and O–H groups in total. The third-order valence-corrected chi connectivity index (χ3v) is 3.40. The van der Waals surface area contributed by atoms with Gasteiger partial charge in [-0.3, -0.25) is 0 Å². The molecule has 2 rings (SSSR count). The highest BCUT2D eigenvalue weighted by Crippen LogP contribution is 2.27. The molecule has 0 aliphatic carbocycles. The average molecular weight is 243 g/mol. The van der Waals surface area contributed by atoms with Crippen molar-refractivity contribution >= 4 is 0 Å². The van der Waals surface area contributed by atoms with E-state index < -0.39 is 0 Å². The SMILES string of the molecule is CC1(C)CNCCC1OCC#Cc1ccccc1. The molecule has 2 heteroatoms. The summed E-state index contributed by atoms with van der Waals surface area (Å²) in [6, 6.07) is 10.0. The van der Waals surface area contributed by atoms with E-state index in [1.807, 2.05) is 30.3 Å². The molecule has 1 aromatic carbocycles. The number of piperidine rings is 1. The summed E-state index contributed by atoms with van der Waals surface area (Å²) in [6.07, 6.45) is 1.38. The Morgan fingerprint density at radius 1 is 1.33 bits per heavy atom. The van der Waals surface area contributed by atoms with Crippen molar-refractivity contribution in [1.29, 1.82) is 0 Å². The third-order valence-electron chi connectivity index (χ3n) is 3.40. The Balaban J connectivity index is 1.84. The van der Waals surface area contributed by atoms with E-state index in [4.69, 9.17) is 4.74 Å². The van der Waals surface area contributed by atoms with Crippen LogP contribution in [0.5, 0.6) is 0 Å². The summed E-state index contributed by atoms with van der Waals surface area (Å²) in [6.45, 7) is 7.07. The Labute approximate surface area is 110 Å². The first-order valence-corrected chi connectivity index (χ1v) is 6.55. The Kier molecular flexibility index (Phi) is 4.41. The van der Waals surface area contributed by atoms with Crippen LogP contribution in [0.4, 0.5) is 0 Å². The van der Waals surface area contributed by atoms with Crippen LogP contribution in [0.15, 0.2) is 30.3 Å². The summed E-state index contributed by atoms with van der Waals surface area (Å²) in [5, 5.41) is 3.41. The maximum atomic E-state index is 5.91. The van der Waals surface area contributed by atoms with Crippen molar-refractivity contribution < 1.29 is 4.74 Å². The number of nitrogens with one attached hydrogen (secondary N) is 1. The number of rotatable bonds is 2. The molecule has 1 fully saturated rings. The molecule has 0 amide bonds. The molecule has 18 heavy (non-hydrogen) atoms. The van der Waals surface area contributed by atoms with Gasteiger partial charge in [-0.2, -0.15) is 0 Å². The standard InChI is InChI=1S/C16H21NO/c1-16(2)13-17-11-10-15(16)18-12-6-9-14-7-4-3-5-8-14/h3-5,7-8,15,17H,10-13H2,1-2H3. The monoisotopic (exact) mass is 243 g/mol. The zero-order valence-corrected chi connectivity index (χ0v) is 11.2. The Morgan fingerprint density at radius 3 is 2.83 bits per heavy atom. The molecule has 0 bridgehead atoms. The van der Waals surface area contributed by atoms with Crippen molar-refractivity contribution in [1.82, 2.24) is 5.32 Å². The molecule has 0 aromatic heterocycles. The lowest BCUT2D eigenvalue weighted by atomic mass is 9.82. The quantitative estimate of drug-likeness (QED) is 0.806. The topological polar surface area (TPSA) is 21.3 Å². The van der Waals surface area contributed by atoms with E-state index in [0.29, 0.717) is 12.7 Å². The highest BCUT2D eigenvalue weighted by atomic mass is 16.5. The molecule has 0 radical (unpaired) electrons. The fraction of sp³-hybridized carbons (Fsp3) is 0.500. The molecule has 1 heterocycles. The van der Waals surface area contributed by atoms with E-state index in [1.165, 1.54) is 0 Å². The van der Waals surface area contributed by atoms with Gasteiger partial charge in [-0.05, 0) is 25.1 Å². The predicted octanol–water partition coefficient (Wildman–Crippen LogP) is 2.44. The Bertz CT molecular complexity index is 427. The Morgan fingerprint density at radius 2 is 2.11 bits per heavy atom. The Hall–Kier alpha value is -1.30. The van der Waals surface area contributed by atoms with Gasteiger partial charge in [0.15, 0.2) is 0 Å². The van der Waals surface area contributed by atoms with Gasteiger partial charge in [0.25, 0.3) is 0 Å². The summed E-state index contributed by atoms with van der Waals surface area (Å²) in [7, 11) is 0. The lowest BCUT2D eigenvalue weighted by Gasteiger charge is -2.38. The fourth-order valence-corrected chi connectivity index (χ4v) is 2.26. The minimum Gasteiger partial charge on any atom is -0.365 e. The molecule has 0 spiro atoms. The van der Waals surface area contributed by atoms with Crippen LogP contribution in [-0.4, -0.2) is 25.8 Å². The summed E-state index contributed by atoms with van der Waals surface area (Å²) in [5.41, 5.74) is 1.25. The molecule has 1 saturated heterocycles. The smallest absolute Gasteiger partial charge is 0.108 e. The zero-order chi connectivity index (χ0) is 12.8. The van der Waals surface area contributed by atoms with Crippen LogP contribution in [0, 0.1) is 17.3 Å². The maximum Gasteiger partial charge on any atom is 0.108 e. The van der Waals surface area contributed by atoms with Crippen LogP contribution < -0.4 is 5.32 Å². The molecule has 1 aliphatic heterocycles. The van der Waals surface area contributed by atoms with E-state index in [9.17, 15) is 0 Å². The van der Waals surface area contributed by atoms with Gasteiger partial charge in [-0.1, -0.05) is 43.9 Å². The van der Waals surface area contributed by atoms with E-state index in [2.05, 4.69) is 31.0 Å². The van der Waals surface area contributed by atoms with Crippen LogP contribution in [0.25, 0.3) is 0 Å².